The number of carbonyl (C=O) groups excluding carboxylic acids is 1. The molecular formula is C15H14N2O3. The van der Waals surface area contributed by atoms with Gasteiger partial charge in [-0.25, -0.2) is 9.78 Å². The number of hydrogen-bond acceptors (Lipinski definition) is 3. The highest BCUT2D eigenvalue weighted by molar-refractivity contribution is 5.96. The zero-order valence-corrected chi connectivity index (χ0v) is 11.0. The van der Waals surface area contributed by atoms with Crippen molar-refractivity contribution in [2.24, 2.45) is 0 Å². The van der Waals surface area contributed by atoms with Gasteiger partial charge in [-0.05, 0) is 24.6 Å². The van der Waals surface area contributed by atoms with E-state index in [-0.39, 0.29) is 17.2 Å². The minimum atomic E-state index is -1.15. The van der Waals surface area contributed by atoms with E-state index in [0.717, 1.165) is 11.1 Å². The molecule has 1 aromatic heterocycles. The fourth-order valence-electron chi connectivity index (χ4n) is 1.80. The maximum absolute atomic E-state index is 11.9. The smallest absolute Gasteiger partial charge is 0.354 e. The SMILES string of the molecule is Cc1cccc(CNC(=O)c2ccnc(C(=O)O)c2)c1. The van der Waals surface area contributed by atoms with Crippen molar-refractivity contribution in [1.82, 2.24) is 10.3 Å². The van der Waals surface area contributed by atoms with Crippen molar-refractivity contribution in [3.05, 3.63) is 65.0 Å². The second-order valence-electron chi connectivity index (χ2n) is 4.41. The van der Waals surface area contributed by atoms with Gasteiger partial charge in [-0.1, -0.05) is 29.8 Å². The summed E-state index contributed by atoms with van der Waals surface area (Å²) in [6, 6.07) is 10.5. The van der Waals surface area contributed by atoms with Crippen LogP contribution in [0.1, 0.15) is 32.0 Å². The predicted octanol–water partition coefficient (Wildman–Crippen LogP) is 2.02. The van der Waals surface area contributed by atoms with Gasteiger partial charge in [0.1, 0.15) is 5.69 Å². The van der Waals surface area contributed by atoms with Crippen LogP contribution in [0.25, 0.3) is 0 Å². The molecule has 0 unspecified atom stereocenters. The summed E-state index contributed by atoms with van der Waals surface area (Å²) < 4.78 is 0. The second kappa shape index (κ2) is 5.97. The Kier molecular flexibility index (Phi) is 4.10. The topological polar surface area (TPSA) is 79.3 Å². The Morgan fingerprint density at radius 1 is 1.25 bits per heavy atom. The number of nitrogens with one attached hydrogen (secondary N) is 1. The highest BCUT2D eigenvalue weighted by Gasteiger charge is 2.10. The van der Waals surface area contributed by atoms with E-state index >= 15 is 0 Å². The van der Waals surface area contributed by atoms with E-state index in [9.17, 15) is 9.59 Å². The molecule has 2 rings (SSSR count). The van der Waals surface area contributed by atoms with Crippen LogP contribution in [0.15, 0.2) is 42.6 Å². The molecule has 0 atom stereocenters. The van der Waals surface area contributed by atoms with Crippen molar-refractivity contribution in [3.8, 4) is 0 Å². The lowest BCUT2D eigenvalue weighted by Crippen LogP contribution is -2.23. The van der Waals surface area contributed by atoms with E-state index in [4.69, 9.17) is 5.11 Å². The first-order valence-corrected chi connectivity index (χ1v) is 6.09. The normalized spacial score (nSPS) is 10.1. The van der Waals surface area contributed by atoms with Gasteiger partial charge in [0, 0.05) is 18.3 Å². The van der Waals surface area contributed by atoms with Crippen LogP contribution in [0, 0.1) is 6.92 Å². The van der Waals surface area contributed by atoms with Crippen LogP contribution in [-0.4, -0.2) is 22.0 Å². The predicted molar refractivity (Wildman–Crippen MR) is 73.5 cm³/mol. The fraction of sp³-hybridized carbons (Fsp3) is 0.133. The molecule has 1 aromatic carbocycles. The van der Waals surface area contributed by atoms with Gasteiger partial charge in [-0.15, -0.1) is 0 Å². The van der Waals surface area contributed by atoms with E-state index in [1.54, 1.807) is 0 Å². The molecule has 1 amide bonds. The molecule has 0 spiro atoms. The summed E-state index contributed by atoms with van der Waals surface area (Å²) in [6.07, 6.45) is 1.31. The number of aromatic carboxylic acids is 1. The number of benzene rings is 1. The Bertz CT molecular complexity index is 653. The number of carboxylic acid groups (broad SMARTS) is 1. The molecular weight excluding hydrogens is 256 g/mol. The lowest BCUT2D eigenvalue weighted by Gasteiger charge is -2.06. The number of aryl methyl sites for hydroxylation is 1. The van der Waals surface area contributed by atoms with Crippen molar-refractivity contribution in [3.63, 3.8) is 0 Å². The Morgan fingerprint density at radius 2 is 2.05 bits per heavy atom. The van der Waals surface area contributed by atoms with E-state index in [0.29, 0.717) is 6.54 Å². The third-order valence-corrected chi connectivity index (χ3v) is 2.78. The largest absolute Gasteiger partial charge is 0.477 e. The molecule has 0 radical (unpaired) electrons. The molecule has 0 bridgehead atoms. The Morgan fingerprint density at radius 3 is 2.75 bits per heavy atom. The van der Waals surface area contributed by atoms with E-state index in [1.165, 1.54) is 18.3 Å². The summed E-state index contributed by atoms with van der Waals surface area (Å²) >= 11 is 0. The highest BCUT2D eigenvalue weighted by Crippen LogP contribution is 2.05. The molecule has 0 saturated carbocycles. The number of aromatic nitrogens is 1. The number of hydrogen-bond donors (Lipinski definition) is 2. The van der Waals surface area contributed by atoms with Gasteiger partial charge in [0.2, 0.25) is 0 Å². The second-order valence-corrected chi connectivity index (χ2v) is 4.41. The Labute approximate surface area is 116 Å². The lowest BCUT2D eigenvalue weighted by atomic mass is 10.1. The number of carboxylic acids is 1. The third kappa shape index (κ3) is 3.41. The quantitative estimate of drug-likeness (QED) is 0.890. The van der Waals surface area contributed by atoms with E-state index in [2.05, 4.69) is 10.3 Å². The first-order chi connectivity index (χ1) is 9.56. The van der Waals surface area contributed by atoms with Crippen LogP contribution in [0.2, 0.25) is 0 Å². The molecule has 0 aliphatic carbocycles. The first kappa shape index (κ1) is 13.7. The summed E-state index contributed by atoms with van der Waals surface area (Å²) in [4.78, 5) is 26.4. The van der Waals surface area contributed by atoms with E-state index < -0.39 is 5.97 Å². The fourth-order valence-corrected chi connectivity index (χ4v) is 1.80. The number of pyridine rings is 1. The maximum atomic E-state index is 11.9. The highest BCUT2D eigenvalue weighted by atomic mass is 16.4. The van der Waals surface area contributed by atoms with Crippen molar-refractivity contribution in [1.29, 1.82) is 0 Å². The third-order valence-electron chi connectivity index (χ3n) is 2.78. The average molecular weight is 270 g/mol. The molecule has 2 aromatic rings. The molecule has 1 heterocycles. The summed E-state index contributed by atoms with van der Waals surface area (Å²) in [6.45, 7) is 2.37. The van der Waals surface area contributed by atoms with Crippen molar-refractivity contribution in [2.45, 2.75) is 13.5 Å². The monoisotopic (exact) mass is 270 g/mol. The molecule has 5 nitrogen and oxygen atoms in total. The molecule has 102 valence electrons. The summed E-state index contributed by atoms with van der Waals surface area (Å²) in [5, 5.41) is 11.6. The molecule has 0 fully saturated rings. The minimum absolute atomic E-state index is 0.145. The van der Waals surface area contributed by atoms with Gasteiger partial charge >= 0.3 is 5.97 Å². The number of amides is 1. The molecule has 5 heteroatoms. The summed E-state index contributed by atoms with van der Waals surface area (Å²) in [5.74, 6) is -1.48. The minimum Gasteiger partial charge on any atom is -0.477 e. The van der Waals surface area contributed by atoms with Crippen LogP contribution < -0.4 is 5.32 Å². The summed E-state index contributed by atoms with van der Waals surface area (Å²) in [7, 11) is 0. The van der Waals surface area contributed by atoms with Crippen LogP contribution in [0.4, 0.5) is 0 Å². The van der Waals surface area contributed by atoms with Gasteiger partial charge in [0.15, 0.2) is 0 Å². The number of rotatable bonds is 4. The van der Waals surface area contributed by atoms with Crippen LogP contribution in [0.3, 0.4) is 0 Å². The van der Waals surface area contributed by atoms with Crippen molar-refractivity contribution >= 4 is 11.9 Å². The maximum Gasteiger partial charge on any atom is 0.354 e. The molecule has 0 aliphatic heterocycles. The summed E-state index contributed by atoms with van der Waals surface area (Å²) in [5.41, 5.74) is 2.25. The van der Waals surface area contributed by atoms with Gasteiger partial charge < -0.3 is 10.4 Å². The zero-order chi connectivity index (χ0) is 14.5. The zero-order valence-electron chi connectivity index (χ0n) is 11.0. The van der Waals surface area contributed by atoms with Crippen LogP contribution >= 0.6 is 0 Å². The van der Waals surface area contributed by atoms with Gasteiger partial charge in [-0.3, -0.25) is 4.79 Å². The molecule has 20 heavy (non-hydrogen) atoms. The van der Waals surface area contributed by atoms with Crippen LogP contribution in [0.5, 0.6) is 0 Å². The van der Waals surface area contributed by atoms with Gasteiger partial charge in [0.25, 0.3) is 5.91 Å². The van der Waals surface area contributed by atoms with Gasteiger partial charge in [0.05, 0.1) is 0 Å². The first-order valence-electron chi connectivity index (χ1n) is 6.09. The standard InChI is InChI=1S/C15H14N2O3/c1-10-3-2-4-11(7-10)9-17-14(18)12-5-6-16-13(8-12)15(19)20/h2-8H,9H2,1H3,(H,17,18)(H,19,20). The Balaban J connectivity index is 2.05. The Hall–Kier alpha value is -2.69. The van der Waals surface area contributed by atoms with Gasteiger partial charge in [-0.2, -0.15) is 0 Å². The van der Waals surface area contributed by atoms with Crippen LogP contribution in [-0.2, 0) is 6.54 Å². The lowest BCUT2D eigenvalue weighted by molar-refractivity contribution is 0.0690. The number of nitrogens with zero attached hydrogens (tertiary/aromatic N) is 1. The number of carbonyl (C=O) groups is 2. The van der Waals surface area contributed by atoms with Crippen molar-refractivity contribution in [2.75, 3.05) is 0 Å². The molecule has 0 saturated heterocycles. The van der Waals surface area contributed by atoms with Crippen molar-refractivity contribution < 1.29 is 14.7 Å². The molecule has 2 N–H and O–H groups in total. The molecule has 0 aliphatic rings. The van der Waals surface area contributed by atoms with E-state index in [1.807, 2.05) is 31.2 Å². The average Bonchev–Trinajstić information content (AvgIpc) is 2.45.